The van der Waals surface area contributed by atoms with Crippen molar-refractivity contribution in [1.29, 1.82) is 0 Å². The highest BCUT2D eigenvalue weighted by molar-refractivity contribution is 6.87. The molecule has 0 aliphatic carbocycles. The fourth-order valence-corrected chi connectivity index (χ4v) is 6.61. The number of hydrogen-bond donors (Lipinski definition) is 0. The van der Waals surface area contributed by atoms with Gasteiger partial charge in [-0.1, -0.05) is 66.9 Å². The van der Waals surface area contributed by atoms with Crippen LogP contribution in [0, 0.1) is 0 Å². The van der Waals surface area contributed by atoms with Gasteiger partial charge < -0.3 is 0 Å². The Labute approximate surface area is 101 Å². The quantitative estimate of drug-likeness (QED) is 0.704. The van der Waals surface area contributed by atoms with Crippen LogP contribution in [0.1, 0.15) is 5.56 Å². The van der Waals surface area contributed by atoms with Crippen molar-refractivity contribution in [1.82, 2.24) is 0 Å². The minimum Gasteiger partial charge on any atom is -0.0937 e. The van der Waals surface area contributed by atoms with Gasteiger partial charge >= 0.3 is 0 Å². The highest BCUT2D eigenvalue weighted by atomic mass is 35.5. The van der Waals surface area contributed by atoms with E-state index in [2.05, 4.69) is 38.3 Å². The third-order valence-electron chi connectivity index (χ3n) is 2.28. The first kappa shape index (κ1) is 12.8. The molecule has 3 heteroatoms. The van der Waals surface area contributed by atoms with Gasteiger partial charge in [-0.05, 0) is 11.6 Å². The lowest BCUT2D eigenvalue weighted by atomic mass is 10.2. The molecule has 0 bridgehead atoms. The Balaban J connectivity index is 3.08. The molecular weight excluding hydrogens is 236 g/mol. The maximum atomic E-state index is 6.16. The number of benzene rings is 1. The molecule has 80 valence electrons. The first-order valence-corrected chi connectivity index (χ1v) is 10.5. The summed E-state index contributed by atoms with van der Waals surface area (Å²) in [6, 6.07) is 8.08. The molecule has 0 amide bonds. The van der Waals surface area contributed by atoms with Gasteiger partial charge in [-0.25, -0.2) is 0 Å². The monoisotopic (exact) mass is 252 g/mol. The molecule has 0 unspecified atom stereocenters. The van der Waals surface area contributed by atoms with E-state index < -0.39 is 0 Å². The topological polar surface area (TPSA) is 0 Å². The molecule has 0 nitrogen and oxygen atoms in total. The number of halogens is 1. The van der Waals surface area contributed by atoms with Crippen LogP contribution < -0.4 is 0 Å². The van der Waals surface area contributed by atoms with Crippen molar-refractivity contribution in [2.24, 2.45) is 0 Å². The normalized spacial score (nSPS) is 10.9. The van der Waals surface area contributed by atoms with Crippen molar-refractivity contribution >= 4 is 35.3 Å². The minimum atomic E-state index is -0.339. The van der Waals surface area contributed by atoms with Crippen molar-refractivity contribution in [2.45, 2.75) is 26.2 Å². The van der Waals surface area contributed by atoms with E-state index in [0.29, 0.717) is 0 Å². The first-order chi connectivity index (χ1) is 7.02. The van der Waals surface area contributed by atoms with Crippen molar-refractivity contribution in [2.75, 3.05) is 0 Å². The number of rotatable bonds is 3. The summed E-state index contributed by atoms with van der Waals surface area (Å²) >= 11 is 6.16. The summed E-state index contributed by atoms with van der Waals surface area (Å²) < 4.78 is 0. The highest BCUT2D eigenvalue weighted by Gasteiger charge is 2.11. The van der Waals surface area contributed by atoms with Gasteiger partial charge in [0.1, 0.15) is 0 Å². The van der Waals surface area contributed by atoms with Crippen LogP contribution in [0.5, 0.6) is 0 Å². The molecule has 0 fully saturated rings. The van der Waals surface area contributed by atoms with Crippen molar-refractivity contribution in [3.8, 4) is 0 Å². The summed E-state index contributed by atoms with van der Waals surface area (Å²) in [5.74, 6) is 0. The SMILES string of the molecule is C[Si](C)C(=Cc1ccccc1Cl)[Si](C)C. The maximum Gasteiger partial charge on any atom is 0.0684 e. The van der Waals surface area contributed by atoms with E-state index in [-0.39, 0.29) is 17.6 Å². The van der Waals surface area contributed by atoms with Crippen LogP contribution in [-0.2, 0) is 0 Å². The van der Waals surface area contributed by atoms with Gasteiger partial charge in [-0.3, -0.25) is 0 Å². The van der Waals surface area contributed by atoms with E-state index in [1.165, 1.54) is 5.56 Å². The molecule has 1 aromatic carbocycles. The Morgan fingerprint density at radius 2 is 1.60 bits per heavy atom. The second-order valence-corrected chi connectivity index (χ2v) is 10.1. The predicted molar refractivity (Wildman–Crippen MR) is 74.4 cm³/mol. The van der Waals surface area contributed by atoms with Crippen LogP contribution in [0.4, 0.5) is 0 Å². The Kier molecular flexibility index (Phi) is 4.83. The largest absolute Gasteiger partial charge is 0.0937 e. The molecule has 15 heavy (non-hydrogen) atoms. The summed E-state index contributed by atoms with van der Waals surface area (Å²) in [6.07, 6.45) is 2.31. The summed E-state index contributed by atoms with van der Waals surface area (Å²) in [7, 11) is -0.678. The molecule has 2 radical (unpaired) electrons. The fraction of sp³-hybridized carbons (Fsp3) is 0.333. The lowest BCUT2D eigenvalue weighted by Crippen LogP contribution is -2.18. The van der Waals surface area contributed by atoms with Gasteiger partial charge in [0, 0.05) is 5.02 Å². The summed E-state index contributed by atoms with van der Waals surface area (Å²) in [4.78, 5) is 1.65. The molecule has 1 rings (SSSR count). The smallest absolute Gasteiger partial charge is 0.0684 e. The molecule has 0 aliphatic heterocycles. The van der Waals surface area contributed by atoms with E-state index in [4.69, 9.17) is 11.6 Å². The molecule has 0 aliphatic rings. The van der Waals surface area contributed by atoms with Crippen LogP contribution in [-0.4, -0.2) is 17.6 Å². The zero-order valence-corrected chi connectivity index (χ0v) is 12.5. The zero-order valence-electron chi connectivity index (χ0n) is 9.76. The van der Waals surface area contributed by atoms with Crippen LogP contribution in [0.3, 0.4) is 0 Å². The fourth-order valence-electron chi connectivity index (χ4n) is 1.54. The van der Waals surface area contributed by atoms with Gasteiger partial charge in [0.25, 0.3) is 0 Å². The zero-order chi connectivity index (χ0) is 11.4. The summed E-state index contributed by atoms with van der Waals surface area (Å²) in [5, 5.41) is 0.863. The molecule has 0 atom stereocenters. The lowest BCUT2D eigenvalue weighted by molar-refractivity contribution is 1.65. The molecule has 0 saturated heterocycles. The first-order valence-electron chi connectivity index (χ1n) is 5.09. The van der Waals surface area contributed by atoms with E-state index in [1.807, 2.05) is 18.2 Å². The second-order valence-electron chi connectivity index (χ2n) is 4.08. The highest BCUT2D eigenvalue weighted by Crippen LogP contribution is 2.20. The Morgan fingerprint density at radius 3 is 2.07 bits per heavy atom. The Bertz CT molecular complexity index is 346. The Hall–Kier alpha value is -0.316. The molecule has 1 aromatic rings. The lowest BCUT2D eigenvalue weighted by Gasteiger charge is -2.13. The van der Waals surface area contributed by atoms with Gasteiger partial charge in [0.2, 0.25) is 0 Å². The molecular formula is C12H17ClSi2. The standard InChI is InChI=1S/C12H17ClSi2/c1-14(2)12(15(3)4)9-10-7-5-6-8-11(10)13/h5-9H,1-4H3. The summed E-state index contributed by atoms with van der Waals surface area (Å²) in [5.41, 5.74) is 1.17. The average Bonchev–Trinajstić information content (AvgIpc) is 2.15. The maximum absolute atomic E-state index is 6.16. The van der Waals surface area contributed by atoms with Crippen molar-refractivity contribution in [3.05, 3.63) is 39.7 Å². The van der Waals surface area contributed by atoms with Gasteiger partial charge in [0.15, 0.2) is 0 Å². The van der Waals surface area contributed by atoms with Gasteiger partial charge in [-0.15, -0.1) is 0 Å². The van der Waals surface area contributed by atoms with E-state index >= 15 is 0 Å². The van der Waals surface area contributed by atoms with Gasteiger partial charge in [-0.2, -0.15) is 0 Å². The molecule has 0 heterocycles. The minimum absolute atomic E-state index is 0.339. The van der Waals surface area contributed by atoms with Crippen LogP contribution >= 0.6 is 11.6 Å². The van der Waals surface area contributed by atoms with E-state index in [1.54, 1.807) is 4.82 Å². The Morgan fingerprint density at radius 1 is 1.07 bits per heavy atom. The predicted octanol–water partition coefficient (Wildman–Crippen LogP) is 4.31. The third-order valence-corrected chi connectivity index (χ3v) is 8.07. The molecule has 0 spiro atoms. The van der Waals surface area contributed by atoms with Crippen LogP contribution in [0.2, 0.25) is 31.2 Å². The van der Waals surface area contributed by atoms with Crippen molar-refractivity contribution in [3.63, 3.8) is 0 Å². The van der Waals surface area contributed by atoms with Crippen molar-refractivity contribution < 1.29 is 0 Å². The molecule has 0 N–H and O–H groups in total. The summed E-state index contributed by atoms with van der Waals surface area (Å²) in [6.45, 7) is 9.41. The molecule has 0 aromatic heterocycles. The van der Waals surface area contributed by atoms with Gasteiger partial charge in [0.05, 0.1) is 17.6 Å². The van der Waals surface area contributed by atoms with Crippen LogP contribution in [0.15, 0.2) is 29.1 Å². The second kappa shape index (κ2) is 5.68. The average molecular weight is 253 g/mol. The van der Waals surface area contributed by atoms with Crippen LogP contribution in [0.25, 0.3) is 6.08 Å². The number of hydrogen-bond acceptors (Lipinski definition) is 0. The van der Waals surface area contributed by atoms with E-state index in [9.17, 15) is 0 Å². The van der Waals surface area contributed by atoms with E-state index in [0.717, 1.165) is 5.02 Å². The third kappa shape index (κ3) is 3.63. The molecule has 0 saturated carbocycles.